The van der Waals surface area contributed by atoms with E-state index in [2.05, 4.69) is 4.90 Å². The summed E-state index contributed by atoms with van der Waals surface area (Å²) in [5.74, 6) is -0.331. The summed E-state index contributed by atoms with van der Waals surface area (Å²) in [4.78, 5) is 13.8. The molecule has 0 aromatic heterocycles. The number of carbonyl (C=O) groups is 1. The maximum Gasteiger partial charge on any atom is 0.347 e. The lowest BCUT2D eigenvalue weighted by molar-refractivity contribution is -0.154. The number of hydrogen-bond acceptors (Lipinski definition) is 4. The van der Waals surface area contributed by atoms with Gasteiger partial charge in [-0.2, -0.15) is 0 Å². The van der Waals surface area contributed by atoms with Crippen LogP contribution in [0, 0.1) is 0 Å². The van der Waals surface area contributed by atoms with Crippen LogP contribution in [0.5, 0.6) is 5.75 Å². The number of para-hydroxylation sites is 1. The molecule has 1 fully saturated rings. The highest BCUT2D eigenvalue weighted by Gasteiger charge is 2.35. The summed E-state index contributed by atoms with van der Waals surface area (Å²) in [6.45, 7) is 5.88. The van der Waals surface area contributed by atoms with E-state index in [0.717, 1.165) is 39.3 Å². The van der Waals surface area contributed by atoms with E-state index in [1.54, 1.807) is 19.1 Å². The van der Waals surface area contributed by atoms with E-state index < -0.39 is 11.6 Å². The molecule has 1 heterocycles. The average Bonchev–Trinajstić information content (AvgIpc) is 2.49. The molecule has 0 amide bonds. The number of nitrogens with zero attached hydrogens (tertiary/aromatic N) is 1. The van der Waals surface area contributed by atoms with Crippen LogP contribution >= 0.6 is 0 Å². The van der Waals surface area contributed by atoms with Gasteiger partial charge in [0.25, 0.3) is 0 Å². The Labute approximate surface area is 125 Å². The zero-order chi connectivity index (χ0) is 15.1. The Bertz CT molecular complexity index is 445. The molecule has 0 aliphatic carbocycles. The topological polar surface area (TPSA) is 59.0 Å². The lowest BCUT2D eigenvalue weighted by atomic mass is 9.99. The molecular weight excluding hydrogens is 270 g/mol. The van der Waals surface area contributed by atoms with Crippen LogP contribution in [0.15, 0.2) is 30.3 Å². The molecule has 0 bridgehead atoms. The third kappa shape index (κ3) is 4.72. The molecule has 1 aliphatic heterocycles. The standard InChI is InChI=1S/C16H23NO4/c1-16(15(18)19,21-14-6-3-2-4-7-14)8-5-9-17-10-12-20-13-11-17/h2-4,6-7H,5,8-13H2,1H3,(H,18,19). The SMILES string of the molecule is CC(CCCN1CCOCC1)(Oc1ccccc1)C(=O)O. The van der Waals surface area contributed by atoms with E-state index in [0.29, 0.717) is 12.2 Å². The number of ether oxygens (including phenoxy) is 2. The smallest absolute Gasteiger partial charge is 0.347 e. The molecule has 0 radical (unpaired) electrons. The van der Waals surface area contributed by atoms with Crippen LogP contribution in [0.4, 0.5) is 0 Å². The highest BCUT2D eigenvalue weighted by molar-refractivity contribution is 5.77. The van der Waals surface area contributed by atoms with Crippen molar-refractivity contribution in [1.29, 1.82) is 0 Å². The van der Waals surface area contributed by atoms with Crippen molar-refractivity contribution in [2.24, 2.45) is 0 Å². The van der Waals surface area contributed by atoms with Gasteiger partial charge in [-0.3, -0.25) is 4.90 Å². The van der Waals surface area contributed by atoms with E-state index in [1.807, 2.05) is 18.2 Å². The molecule has 0 saturated carbocycles. The maximum atomic E-state index is 11.5. The third-order valence-electron chi connectivity index (χ3n) is 3.77. The summed E-state index contributed by atoms with van der Waals surface area (Å²) < 4.78 is 11.0. The van der Waals surface area contributed by atoms with Crippen molar-refractivity contribution in [2.75, 3.05) is 32.8 Å². The van der Waals surface area contributed by atoms with Gasteiger partial charge < -0.3 is 14.6 Å². The van der Waals surface area contributed by atoms with Crippen LogP contribution in [0.1, 0.15) is 19.8 Å². The van der Waals surface area contributed by atoms with Gasteiger partial charge >= 0.3 is 5.97 Å². The quantitative estimate of drug-likeness (QED) is 0.833. The first-order valence-electron chi connectivity index (χ1n) is 7.38. The van der Waals surface area contributed by atoms with Gasteiger partial charge in [-0.05, 0) is 38.4 Å². The number of aliphatic carboxylic acids is 1. The number of morpholine rings is 1. The lowest BCUT2D eigenvalue weighted by Crippen LogP contribution is -2.43. The Morgan fingerprint density at radius 2 is 2.00 bits per heavy atom. The fraction of sp³-hybridized carbons (Fsp3) is 0.562. The van der Waals surface area contributed by atoms with E-state index in [4.69, 9.17) is 9.47 Å². The fourth-order valence-electron chi connectivity index (χ4n) is 2.42. The number of hydrogen-bond donors (Lipinski definition) is 1. The molecule has 1 unspecified atom stereocenters. The molecular formula is C16H23NO4. The molecule has 1 aromatic carbocycles. The van der Waals surface area contributed by atoms with E-state index in [1.165, 1.54) is 0 Å². The molecule has 1 saturated heterocycles. The van der Waals surface area contributed by atoms with Crippen LogP contribution < -0.4 is 4.74 Å². The summed E-state index contributed by atoms with van der Waals surface area (Å²) in [7, 11) is 0. The van der Waals surface area contributed by atoms with Gasteiger partial charge in [0.15, 0.2) is 0 Å². The molecule has 2 rings (SSSR count). The molecule has 5 heteroatoms. The molecule has 1 atom stereocenters. The second kappa shape index (κ2) is 7.43. The van der Waals surface area contributed by atoms with Gasteiger partial charge in [0.2, 0.25) is 5.60 Å². The van der Waals surface area contributed by atoms with E-state index >= 15 is 0 Å². The molecule has 1 N–H and O–H groups in total. The van der Waals surface area contributed by atoms with Crippen LogP contribution in [-0.2, 0) is 9.53 Å². The monoisotopic (exact) mass is 293 g/mol. The Morgan fingerprint density at radius 3 is 2.62 bits per heavy atom. The first-order chi connectivity index (χ1) is 10.1. The van der Waals surface area contributed by atoms with Crippen LogP contribution in [0.3, 0.4) is 0 Å². The number of carboxylic acid groups (broad SMARTS) is 1. The van der Waals surface area contributed by atoms with Crippen LogP contribution in [0.25, 0.3) is 0 Å². The second-order valence-corrected chi connectivity index (χ2v) is 5.51. The number of rotatable bonds is 7. The van der Waals surface area contributed by atoms with Crippen LogP contribution in [-0.4, -0.2) is 54.4 Å². The summed E-state index contributed by atoms with van der Waals surface area (Å²) in [6, 6.07) is 9.12. The Balaban J connectivity index is 1.87. The minimum Gasteiger partial charge on any atom is -0.478 e. The Kier molecular flexibility index (Phi) is 5.59. The van der Waals surface area contributed by atoms with E-state index in [9.17, 15) is 9.90 Å². The second-order valence-electron chi connectivity index (χ2n) is 5.51. The summed E-state index contributed by atoms with van der Waals surface area (Å²) in [5, 5.41) is 9.47. The summed E-state index contributed by atoms with van der Waals surface area (Å²) in [5.41, 5.74) is -1.19. The minimum atomic E-state index is -1.19. The highest BCUT2D eigenvalue weighted by Crippen LogP contribution is 2.23. The lowest BCUT2D eigenvalue weighted by Gasteiger charge is -2.29. The minimum absolute atomic E-state index is 0.481. The predicted molar refractivity (Wildman–Crippen MR) is 79.6 cm³/mol. The first-order valence-corrected chi connectivity index (χ1v) is 7.38. The summed E-state index contributed by atoms with van der Waals surface area (Å²) >= 11 is 0. The summed E-state index contributed by atoms with van der Waals surface area (Å²) in [6.07, 6.45) is 1.27. The van der Waals surface area contributed by atoms with Gasteiger partial charge in [-0.15, -0.1) is 0 Å². The van der Waals surface area contributed by atoms with Gasteiger partial charge in [-0.25, -0.2) is 4.79 Å². The van der Waals surface area contributed by atoms with Gasteiger partial charge in [0.05, 0.1) is 13.2 Å². The Morgan fingerprint density at radius 1 is 1.33 bits per heavy atom. The first kappa shape index (κ1) is 15.8. The molecule has 1 aliphatic rings. The molecule has 5 nitrogen and oxygen atoms in total. The zero-order valence-electron chi connectivity index (χ0n) is 12.5. The average molecular weight is 293 g/mol. The van der Waals surface area contributed by atoms with Crippen LogP contribution in [0.2, 0.25) is 0 Å². The Hall–Kier alpha value is -1.59. The van der Waals surface area contributed by atoms with Crippen molar-refractivity contribution in [3.05, 3.63) is 30.3 Å². The highest BCUT2D eigenvalue weighted by atomic mass is 16.5. The van der Waals surface area contributed by atoms with Crippen molar-refractivity contribution in [1.82, 2.24) is 4.90 Å². The van der Waals surface area contributed by atoms with Crippen molar-refractivity contribution in [2.45, 2.75) is 25.4 Å². The third-order valence-corrected chi connectivity index (χ3v) is 3.77. The van der Waals surface area contributed by atoms with E-state index in [-0.39, 0.29) is 0 Å². The maximum absolute atomic E-state index is 11.5. The van der Waals surface area contributed by atoms with Gasteiger partial charge in [0.1, 0.15) is 5.75 Å². The number of carboxylic acids is 1. The molecule has 116 valence electrons. The molecule has 21 heavy (non-hydrogen) atoms. The molecule has 1 aromatic rings. The number of benzene rings is 1. The van der Waals surface area contributed by atoms with Crippen molar-refractivity contribution in [3.8, 4) is 5.75 Å². The van der Waals surface area contributed by atoms with Crippen molar-refractivity contribution in [3.63, 3.8) is 0 Å². The van der Waals surface area contributed by atoms with Crippen molar-refractivity contribution < 1.29 is 19.4 Å². The fourth-order valence-corrected chi connectivity index (χ4v) is 2.42. The molecule has 0 spiro atoms. The largest absolute Gasteiger partial charge is 0.478 e. The van der Waals surface area contributed by atoms with Gasteiger partial charge in [-0.1, -0.05) is 18.2 Å². The predicted octanol–water partition coefficient (Wildman–Crippen LogP) is 2.02. The normalized spacial score (nSPS) is 18.9. The van der Waals surface area contributed by atoms with Crippen molar-refractivity contribution >= 4 is 5.97 Å². The zero-order valence-corrected chi connectivity index (χ0v) is 12.5. The van der Waals surface area contributed by atoms with Gasteiger partial charge in [0, 0.05) is 13.1 Å².